The average molecular weight is 566 g/mol. The number of methoxy groups -OCH3 is 1. The van der Waals surface area contributed by atoms with Crippen LogP contribution in [0, 0.1) is 11.2 Å². The van der Waals surface area contributed by atoms with Crippen molar-refractivity contribution in [3.63, 3.8) is 0 Å². The Morgan fingerprint density at radius 3 is 2.61 bits per heavy atom. The maximum Gasteiger partial charge on any atom is 0.349 e. The zero-order chi connectivity index (χ0) is 29.5. The molecule has 14 heteroatoms. The van der Waals surface area contributed by atoms with E-state index < -0.39 is 23.5 Å². The molecule has 0 bridgehead atoms. The third-order valence-electron chi connectivity index (χ3n) is 5.74. The van der Waals surface area contributed by atoms with E-state index in [0.717, 1.165) is 11.6 Å². The topological polar surface area (TPSA) is 190 Å². The van der Waals surface area contributed by atoms with Crippen molar-refractivity contribution in [3.05, 3.63) is 88.0 Å². The lowest BCUT2D eigenvalue weighted by Crippen LogP contribution is -2.18. The number of H-pyrrole nitrogens is 1. The van der Waals surface area contributed by atoms with Crippen LogP contribution >= 0.6 is 0 Å². The smallest absolute Gasteiger partial charge is 0.349 e. The van der Waals surface area contributed by atoms with Gasteiger partial charge in [-0.1, -0.05) is 0 Å². The molecule has 0 unspecified atom stereocenters. The Hall–Kier alpha value is -5.40. The number of halogens is 1. The quantitative estimate of drug-likeness (QED) is 0.164. The number of aromatic nitrogens is 4. The number of carboxylic acids is 1. The second-order valence-electron chi connectivity index (χ2n) is 8.72. The van der Waals surface area contributed by atoms with Crippen molar-refractivity contribution in [2.24, 2.45) is 5.73 Å². The first-order valence-electron chi connectivity index (χ1n) is 12.4. The molecule has 2 aromatic heterocycles. The third-order valence-corrected chi connectivity index (χ3v) is 5.74. The number of anilines is 1. The van der Waals surface area contributed by atoms with Gasteiger partial charge < -0.3 is 30.4 Å². The Labute approximate surface area is 233 Å². The first kappa shape index (κ1) is 28.6. The summed E-state index contributed by atoms with van der Waals surface area (Å²) in [6.45, 7) is 2.04. The predicted molar refractivity (Wildman–Crippen MR) is 147 cm³/mol. The maximum atomic E-state index is 14.4. The molecule has 0 saturated heterocycles. The van der Waals surface area contributed by atoms with Gasteiger partial charge in [-0.05, 0) is 54.1 Å². The molecule has 0 amide bonds. The van der Waals surface area contributed by atoms with E-state index in [1.165, 1.54) is 25.4 Å². The number of aliphatic carboxylic acids is 1. The summed E-state index contributed by atoms with van der Waals surface area (Å²) in [5.74, 6) is -0.185. The van der Waals surface area contributed by atoms with Gasteiger partial charge in [-0.2, -0.15) is 4.68 Å². The van der Waals surface area contributed by atoms with Gasteiger partial charge in [-0.3, -0.25) is 15.2 Å². The van der Waals surface area contributed by atoms with Crippen molar-refractivity contribution in [1.82, 2.24) is 19.7 Å². The summed E-state index contributed by atoms with van der Waals surface area (Å²) >= 11 is 0. The molecule has 4 aromatic rings. The highest BCUT2D eigenvalue weighted by Gasteiger charge is 2.26. The number of nitrogen functional groups attached to an aromatic ring is 1. The SMILES string of the molecule is CC(=O)O.COc1cc([C@H](Nc2ccc(C(=N)N)cc2)c2nn(-c3ncccc3F)c(=O)[nH]2)cc2c1OCCCO2. The second-order valence-corrected chi connectivity index (χ2v) is 8.72. The second kappa shape index (κ2) is 12.6. The van der Waals surface area contributed by atoms with Crippen molar-refractivity contribution >= 4 is 17.5 Å². The lowest BCUT2D eigenvalue weighted by molar-refractivity contribution is -0.134. The zero-order valence-electron chi connectivity index (χ0n) is 22.2. The molecule has 0 aliphatic carbocycles. The maximum absolute atomic E-state index is 14.4. The number of nitrogens with one attached hydrogen (secondary N) is 3. The molecular weight excluding hydrogens is 537 g/mol. The molecule has 1 atom stereocenters. The number of nitrogens with zero attached hydrogens (tertiary/aromatic N) is 3. The Bertz CT molecular complexity index is 1600. The van der Waals surface area contributed by atoms with E-state index >= 15 is 0 Å². The largest absolute Gasteiger partial charge is 0.493 e. The van der Waals surface area contributed by atoms with Gasteiger partial charge in [0, 0.05) is 30.8 Å². The number of rotatable bonds is 7. The number of ether oxygens (including phenoxy) is 3. The van der Waals surface area contributed by atoms with Gasteiger partial charge in [0.05, 0.1) is 20.3 Å². The molecule has 0 spiro atoms. The van der Waals surface area contributed by atoms with E-state index in [9.17, 15) is 9.18 Å². The molecule has 0 radical (unpaired) electrons. The van der Waals surface area contributed by atoms with Gasteiger partial charge >= 0.3 is 5.69 Å². The molecule has 6 N–H and O–H groups in total. The summed E-state index contributed by atoms with van der Waals surface area (Å²) in [4.78, 5) is 28.5. The number of aromatic amines is 1. The summed E-state index contributed by atoms with van der Waals surface area (Å²) in [5.41, 5.74) is 6.77. The number of amidine groups is 1. The van der Waals surface area contributed by atoms with Crippen LogP contribution in [0.3, 0.4) is 0 Å². The number of hydrogen-bond donors (Lipinski definition) is 5. The van der Waals surface area contributed by atoms with E-state index in [-0.39, 0.29) is 17.5 Å². The first-order chi connectivity index (χ1) is 19.7. The fourth-order valence-electron chi connectivity index (χ4n) is 3.95. The van der Waals surface area contributed by atoms with E-state index in [0.29, 0.717) is 53.7 Å². The van der Waals surface area contributed by atoms with Crippen molar-refractivity contribution in [2.75, 3.05) is 25.6 Å². The number of fused-ring (bicyclic) bond motifs is 1. The standard InChI is InChI=1S/C25H24FN7O4.C2H4O2/c1-35-18-12-15(13-19-21(18)37-11-3-10-36-19)20(30-16-7-5-14(6-8-16)22(27)28)23-31-25(34)33(32-23)24-17(26)4-2-9-29-24;1-2(3)4/h2,4-9,12-13,20,30H,3,10-11H2,1H3,(H3,27,28)(H,31,32,34);1H3,(H,3,4)/t20-;/m0./s1. The van der Waals surface area contributed by atoms with E-state index in [1.54, 1.807) is 36.4 Å². The zero-order valence-corrected chi connectivity index (χ0v) is 22.2. The first-order valence-corrected chi connectivity index (χ1v) is 12.4. The molecular formula is C27H28FN7O6. The van der Waals surface area contributed by atoms with Crippen LogP contribution in [-0.4, -0.2) is 57.0 Å². The van der Waals surface area contributed by atoms with Gasteiger partial charge in [0.1, 0.15) is 11.9 Å². The fourth-order valence-corrected chi connectivity index (χ4v) is 3.95. The van der Waals surface area contributed by atoms with Crippen molar-refractivity contribution in [3.8, 4) is 23.1 Å². The Kier molecular flexibility index (Phi) is 8.82. The number of nitrogens with two attached hydrogens (primary N) is 1. The van der Waals surface area contributed by atoms with Crippen LogP contribution in [0.1, 0.15) is 36.3 Å². The lowest BCUT2D eigenvalue weighted by atomic mass is 10.0. The Morgan fingerprint density at radius 1 is 1.24 bits per heavy atom. The summed E-state index contributed by atoms with van der Waals surface area (Å²) < 4.78 is 32.6. The van der Waals surface area contributed by atoms with Crippen molar-refractivity contribution < 1.29 is 28.5 Å². The number of carboxylic acid groups (broad SMARTS) is 1. The van der Waals surface area contributed by atoms with E-state index in [2.05, 4.69) is 20.4 Å². The molecule has 13 nitrogen and oxygen atoms in total. The summed E-state index contributed by atoms with van der Waals surface area (Å²) in [6.07, 6.45) is 2.09. The minimum Gasteiger partial charge on any atom is -0.493 e. The van der Waals surface area contributed by atoms with E-state index in [4.69, 9.17) is 35.3 Å². The fraction of sp³-hybridized carbons (Fsp3) is 0.222. The van der Waals surface area contributed by atoms with Gasteiger partial charge in [-0.25, -0.2) is 14.2 Å². The van der Waals surface area contributed by atoms with Crippen molar-refractivity contribution in [1.29, 1.82) is 5.41 Å². The van der Waals surface area contributed by atoms with Gasteiger partial charge in [0.15, 0.2) is 29.0 Å². The normalized spacial score (nSPS) is 12.8. The lowest BCUT2D eigenvalue weighted by Gasteiger charge is -2.21. The highest BCUT2D eigenvalue weighted by atomic mass is 19.1. The molecule has 0 fully saturated rings. The molecule has 2 aromatic carbocycles. The van der Waals surface area contributed by atoms with Crippen LogP contribution in [0.25, 0.3) is 5.82 Å². The summed E-state index contributed by atoms with van der Waals surface area (Å²) in [5, 5.41) is 22.7. The number of pyridine rings is 1. The molecule has 0 saturated carbocycles. The van der Waals surface area contributed by atoms with E-state index in [1.807, 2.05) is 0 Å². The summed E-state index contributed by atoms with van der Waals surface area (Å²) in [7, 11) is 1.52. The predicted octanol–water partition coefficient (Wildman–Crippen LogP) is 2.84. The van der Waals surface area contributed by atoms with Crippen LogP contribution in [0.15, 0.2) is 59.5 Å². The Balaban J connectivity index is 0.000000909. The van der Waals surface area contributed by atoms with Crippen LogP contribution in [-0.2, 0) is 4.79 Å². The van der Waals surface area contributed by atoms with Crippen LogP contribution in [0.2, 0.25) is 0 Å². The van der Waals surface area contributed by atoms with Crippen LogP contribution in [0.4, 0.5) is 10.1 Å². The van der Waals surface area contributed by atoms with Crippen LogP contribution in [0.5, 0.6) is 17.2 Å². The summed E-state index contributed by atoms with van der Waals surface area (Å²) in [6, 6.07) is 12.3. The van der Waals surface area contributed by atoms with Crippen LogP contribution < -0.4 is 31.0 Å². The van der Waals surface area contributed by atoms with Gasteiger partial charge in [0.2, 0.25) is 5.75 Å². The minimum atomic E-state index is -0.833. The molecule has 41 heavy (non-hydrogen) atoms. The monoisotopic (exact) mass is 565 g/mol. The van der Waals surface area contributed by atoms with Gasteiger partial charge in [0.25, 0.3) is 5.97 Å². The molecule has 1 aliphatic heterocycles. The Morgan fingerprint density at radius 2 is 1.95 bits per heavy atom. The molecule has 5 rings (SSSR count). The number of hydrogen-bond acceptors (Lipinski definition) is 9. The molecule has 3 heterocycles. The minimum absolute atomic E-state index is 0.0591. The number of benzene rings is 2. The highest BCUT2D eigenvalue weighted by molar-refractivity contribution is 5.95. The van der Waals surface area contributed by atoms with Crippen molar-refractivity contribution in [2.45, 2.75) is 19.4 Å². The molecule has 1 aliphatic rings. The average Bonchev–Trinajstić information content (AvgIpc) is 3.16. The number of carbonyl (C=O) groups is 1. The molecule has 214 valence electrons. The highest BCUT2D eigenvalue weighted by Crippen LogP contribution is 2.42. The third kappa shape index (κ3) is 6.79. The van der Waals surface area contributed by atoms with Gasteiger partial charge in [-0.15, -0.1) is 5.10 Å².